The number of amides is 2. The van der Waals surface area contributed by atoms with Gasteiger partial charge in [-0.2, -0.15) is 0 Å². The molecule has 7 heteroatoms. The molecule has 0 saturated heterocycles. The summed E-state index contributed by atoms with van der Waals surface area (Å²) in [7, 11) is 0. The third-order valence-corrected chi connectivity index (χ3v) is 3.76. The van der Waals surface area contributed by atoms with Gasteiger partial charge in [-0.05, 0) is 71.1 Å². The van der Waals surface area contributed by atoms with Gasteiger partial charge in [-0.25, -0.2) is 0 Å². The predicted molar refractivity (Wildman–Crippen MR) is 98.1 cm³/mol. The van der Waals surface area contributed by atoms with E-state index in [-0.39, 0.29) is 24.2 Å². The number of carbonyl (C=O) groups excluding carboxylic acids is 2. The third kappa shape index (κ3) is 6.07. The van der Waals surface area contributed by atoms with Gasteiger partial charge in [0.05, 0.1) is 0 Å². The molecule has 0 spiro atoms. The van der Waals surface area contributed by atoms with E-state index < -0.39 is 0 Å². The van der Waals surface area contributed by atoms with E-state index in [1.165, 1.54) is 24.3 Å². The van der Waals surface area contributed by atoms with Crippen LogP contribution in [0.5, 0.6) is 11.5 Å². The monoisotopic (exact) mass is 440 g/mol. The quantitative estimate of drug-likeness (QED) is 0.454. The molecule has 0 aliphatic heterocycles. The Labute approximate surface area is 153 Å². The molecule has 24 heavy (non-hydrogen) atoms. The van der Waals surface area contributed by atoms with Gasteiger partial charge >= 0.3 is 0 Å². The number of phenols is 1. The van der Waals surface area contributed by atoms with Crippen molar-refractivity contribution in [2.24, 2.45) is 0 Å². The average molecular weight is 440 g/mol. The lowest BCUT2D eigenvalue weighted by molar-refractivity contribution is -0.123. The third-order valence-electron chi connectivity index (χ3n) is 3.05. The van der Waals surface area contributed by atoms with Crippen LogP contribution < -0.4 is 15.4 Å². The SMILES string of the molecule is O=C(COc1ccc(I)cc1)NCCNC(=O)c1ccc(O)cc1. The van der Waals surface area contributed by atoms with Gasteiger partial charge in [0.25, 0.3) is 11.8 Å². The summed E-state index contributed by atoms with van der Waals surface area (Å²) in [5.74, 6) is 0.213. The lowest BCUT2D eigenvalue weighted by Gasteiger charge is -2.08. The summed E-state index contributed by atoms with van der Waals surface area (Å²) >= 11 is 2.19. The molecule has 0 radical (unpaired) electrons. The maximum Gasteiger partial charge on any atom is 0.258 e. The first-order valence-electron chi connectivity index (χ1n) is 7.27. The normalized spacial score (nSPS) is 10.0. The molecule has 0 aliphatic rings. The van der Waals surface area contributed by atoms with Crippen LogP contribution in [0.2, 0.25) is 0 Å². The van der Waals surface area contributed by atoms with Gasteiger partial charge in [0.1, 0.15) is 11.5 Å². The molecule has 2 aromatic rings. The van der Waals surface area contributed by atoms with Gasteiger partial charge in [-0.1, -0.05) is 0 Å². The second-order valence-corrected chi connectivity index (χ2v) is 6.14. The van der Waals surface area contributed by atoms with Crippen LogP contribution in [0.15, 0.2) is 48.5 Å². The van der Waals surface area contributed by atoms with E-state index >= 15 is 0 Å². The first-order chi connectivity index (χ1) is 11.5. The van der Waals surface area contributed by atoms with Gasteiger partial charge in [-0.15, -0.1) is 0 Å². The number of hydrogen-bond donors (Lipinski definition) is 3. The van der Waals surface area contributed by atoms with Gasteiger partial charge in [0.15, 0.2) is 6.61 Å². The minimum Gasteiger partial charge on any atom is -0.508 e. The first kappa shape index (κ1) is 18.1. The minimum atomic E-state index is -0.264. The molecule has 0 saturated carbocycles. The van der Waals surface area contributed by atoms with Gasteiger partial charge in [0, 0.05) is 22.2 Å². The fourth-order valence-electron chi connectivity index (χ4n) is 1.82. The lowest BCUT2D eigenvalue weighted by atomic mass is 10.2. The fourth-order valence-corrected chi connectivity index (χ4v) is 2.18. The van der Waals surface area contributed by atoms with E-state index in [1.54, 1.807) is 12.1 Å². The molecule has 3 N–H and O–H groups in total. The molecular formula is C17H17IN2O4. The van der Waals surface area contributed by atoms with Crippen LogP contribution in [0, 0.1) is 3.57 Å². The van der Waals surface area contributed by atoms with Crippen molar-refractivity contribution in [2.75, 3.05) is 19.7 Å². The molecule has 2 amide bonds. The molecule has 6 nitrogen and oxygen atoms in total. The molecule has 0 atom stereocenters. The van der Waals surface area contributed by atoms with Crippen molar-refractivity contribution in [1.29, 1.82) is 0 Å². The highest BCUT2D eigenvalue weighted by atomic mass is 127. The number of halogens is 1. The fraction of sp³-hybridized carbons (Fsp3) is 0.176. The average Bonchev–Trinajstić information content (AvgIpc) is 2.58. The van der Waals surface area contributed by atoms with Crippen molar-refractivity contribution >= 4 is 34.4 Å². The second kappa shape index (κ2) is 9.11. The van der Waals surface area contributed by atoms with E-state index in [9.17, 15) is 9.59 Å². The van der Waals surface area contributed by atoms with E-state index in [0.29, 0.717) is 24.4 Å². The minimum absolute atomic E-state index is 0.0769. The predicted octanol–water partition coefficient (Wildman–Crippen LogP) is 1.92. The highest BCUT2D eigenvalue weighted by molar-refractivity contribution is 14.1. The number of benzene rings is 2. The molecule has 2 rings (SSSR count). The Morgan fingerprint density at radius 1 is 0.958 bits per heavy atom. The summed E-state index contributed by atoms with van der Waals surface area (Å²) in [6.45, 7) is 0.528. The first-order valence-corrected chi connectivity index (χ1v) is 8.35. The zero-order valence-corrected chi connectivity index (χ0v) is 14.9. The Bertz CT molecular complexity index is 687. The molecule has 2 aromatic carbocycles. The smallest absolute Gasteiger partial charge is 0.258 e. The van der Waals surface area contributed by atoms with Crippen LogP contribution in [0.25, 0.3) is 0 Å². The Balaban J connectivity index is 1.63. The number of hydrogen-bond acceptors (Lipinski definition) is 4. The maximum absolute atomic E-state index is 11.8. The summed E-state index contributed by atoms with van der Waals surface area (Å²) in [6.07, 6.45) is 0. The van der Waals surface area contributed by atoms with Crippen LogP contribution in [0.1, 0.15) is 10.4 Å². The number of nitrogens with one attached hydrogen (secondary N) is 2. The highest BCUT2D eigenvalue weighted by Gasteiger charge is 2.06. The second-order valence-electron chi connectivity index (χ2n) is 4.90. The summed E-state index contributed by atoms with van der Waals surface area (Å²) in [6, 6.07) is 13.3. The summed E-state index contributed by atoms with van der Waals surface area (Å²) < 4.78 is 6.45. The zero-order valence-electron chi connectivity index (χ0n) is 12.8. The molecule has 0 bridgehead atoms. The van der Waals surface area contributed by atoms with Crippen molar-refractivity contribution in [1.82, 2.24) is 10.6 Å². The van der Waals surface area contributed by atoms with Crippen LogP contribution >= 0.6 is 22.6 Å². The Hall–Kier alpha value is -2.29. The lowest BCUT2D eigenvalue weighted by Crippen LogP contribution is -2.36. The topological polar surface area (TPSA) is 87.7 Å². The summed E-state index contributed by atoms with van der Waals surface area (Å²) in [5, 5.41) is 14.5. The van der Waals surface area contributed by atoms with Gasteiger partial charge < -0.3 is 20.5 Å². The van der Waals surface area contributed by atoms with Crippen LogP contribution in [-0.2, 0) is 4.79 Å². The van der Waals surface area contributed by atoms with Crippen molar-refractivity contribution in [2.45, 2.75) is 0 Å². The number of rotatable bonds is 7. The Morgan fingerprint density at radius 2 is 1.58 bits per heavy atom. The van der Waals surface area contributed by atoms with Crippen LogP contribution in [0.4, 0.5) is 0 Å². The number of phenolic OH excluding ortho intramolecular Hbond substituents is 1. The molecule has 0 aromatic heterocycles. The maximum atomic E-state index is 11.8. The largest absolute Gasteiger partial charge is 0.508 e. The number of aromatic hydroxyl groups is 1. The van der Waals surface area contributed by atoms with Gasteiger partial charge in [-0.3, -0.25) is 9.59 Å². The van der Waals surface area contributed by atoms with Crippen molar-refractivity contribution in [3.63, 3.8) is 0 Å². The summed E-state index contributed by atoms with van der Waals surface area (Å²) in [4.78, 5) is 23.5. The van der Waals surface area contributed by atoms with E-state index in [0.717, 1.165) is 3.57 Å². The summed E-state index contributed by atoms with van der Waals surface area (Å²) in [5.41, 5.74) is 0.446. The van der Waals surface area contributed by atoms with Crippen molar-refractivity contribution < 1.29 is 19.4 Å². The molecular weight excluding hydrogens is 423 g/mol. The van der Waals surface area contributed by atoms with E-state index in [2.05, 4.69) is 33.2 Å². The van der Waals surface area contributed by atoms with Crippen LogP contribution in [0.3, 0.4) is 0 Å². The molecule has 0 aliphatic carbocycles. The highest BCUT2D eigenvalue weighted by Crippen LogP contribution is 2.13. The van der Waals surface area contributed by atoms with Crippen molar-refractivity contribution in [3.8, 4) is 11.5 Å². The number of carbonyl (C=O) groups is 2. The van der Waals surface area contributed by atoms with E-state index in [1.807, 2.05) is 12.1 Å². The number of ether oxygens (including phenoxy) is 1. The standard InChI is InChI=1S/C17H17IN2O4/c18-13-3-7-15(8-4-13)24-11-16(22)19-9-10-20-17(23)12-1-5-14(21)6-2-12/h1-8,21H,9-11H2,(H,19,22)(H,20,23). The van der Waals surface area contributed by atoms with Crippen LogP contribution in [-0.4, -0.2) is 36.6 Å². The molecule has 0 fully saturated rings. The van der Waals surface area contributed by atoms with Crippen molar-refractivity contribution in [3.05, 3.63) is 57.7 Å². The van der Waals surface area contributed by atoms with Gasteiger partial charge in [0.2, 0.25) is 0 Å². The molecule has 126 valence electrons. The molecule has 0 heterocycles. The Kier molecular flexibility index (Phi) is 6.86. The Morgan fingerprint density at radius 3 is 2.25 bits per heavy atom. The zero-order chi connectivity index (χ0) is 17.4. The molecule has 0 unspecified atom stereocenters. The van der Waals surface area contributed by atoms with E-state index in [4.69, 9.17) is 9.84 Å².